The van der Waals surface area contributed by atoms with E-state index in [4.69, 9.17) is 4.74 Å². The Hall–Kier alpha value is -2.42. The van der Waals surface area contributed by atoms with Crippen molar-refractivity contribution in [1.29, 1.82) is 0 Å². The van der Waals surface area contributed by atoms with E-state index in [1.807, 2.05) is 30.3 Å². The molecule has 0 unspecified atom stereocenters. The maximum atomic E-state index is 13.9. The van der Waals surface area contributed by atoms with Crippen LogP contribution in [0.2, 0.25) is 0 Å². The smallest absolute Gasteiger partial charge is 0.167 e. The Morgan fingerprint density at radius 3 is 2.75 bits per heavy atom. The number of hydrogen-bond acceptors (Lipinski definition) is 2. The molecule has 0 N–H and O–H groups in total. The largest absolute Gasteiger partial charge is 0.486 e. The molecular formula is C17H14FNO. The molecule has 3 rings (SSSR count). The minimum absolute atomic E-state index is 0.276. The predicted molar refractivity (Wildman–Crippen MR) is 77.2 cm³/mol. The van der Waals surface area contributed by atoms with E-state index in [-0.39, 0.29) is 11.6 Å². The van der Waals surface area contributed by atoms with E-state index in [1.165, 1.54) is 0 Å². The van der Waals surface area contributed by atoms with Gasteiger partial charge in [-0.15, -0.1) is 0 Å². The van der Waals surface area contributed by atoms with Gasteiger partial charge in [0.15, 0.2) is 11.6 Å². The van der Waals surface area contributed by atoms with E-state index < -0.39 is 0 Å². The van der Waals surface area contributed by atoms with Gasteiger partial charge in [-0.25, -0.2) is 4.39 Å². The molecule has 2 aromatic carbocycles. The number of benzene rings is 2. The normalized spacial score (nSPS) is 10.7. The lowest BCUT2D eigenvalue weighted by Crippen LogP contribution is -1.99. The standard InChI is InChI=1S/C17H14FNO/c1-12-5-2-9-15(16(12)18)20-11-14-7-3-6-13-8-4-10-19-17(13)14/h2-10H,11H2,1H3. The van der Waals surface area contributed by atoms with Crippen LogP contribution in [0.15, 0.2) is 54.7 Å². The van der Waals surface area contributed by atoms with Crippen LogP contribution in [0.1, 0.15) is 11.1 Å². The topological polar surface area (TPSA) is 22.1 Å². The molecule has 0 aliphatic carbocycles. The molecule has 0 spiro atoms. The summed E-state index contributed by atoms with van der Waals surface area (Å²) in [6.07, 6.45) is 1.75. The van der Waals surface area contributed by atoms with Gasteiger partial charge in [0, 0.05) is 17.1 Å². The molecule has 1 aromatic heterocycles. The van der Waals surface area contributed by atoms with Crippen molar-refractivity contribution in [1.82, 2.24) is 4.98 Å². The Labute approximate surface area is 116 Å². The van der Waals surface area contributed by atoms with Gasteiger partial charge < -0.3 is 4.74 Å². The molecule has 0 radical (unpaired) electrons. The second-order valence-corrected chi connectivity index (χ2v) is 4.67. The monoisotopic (exact) mass is 267 g/mol. The van der Waals surface area contributed by atoms with Crippen LogP contribution >= 0.6 is 0 Å². The van der Waals surface area contributed by atoms with Crippen LogP contribution < -0.4 is 4.74 Å². The van der Waals surface area contributed by atoms with Crippen molar-refractivity contribution >= 4 is 10.9 Å². The number of nitrogens with zero attached hydrogens (tertiary/aromatic N) is 1. The van der Waals surface area contributed by atoms with Crippen LogP contribution in [-0.2, 0) is 6.61 Å². The number of pyridine rings is 1. The number of hydrogen-bond donors (Lipinski definition) is 0. The van der Waals surface area contributed by atoms with E-state index in [0.717, 1.165) is 16.5 Å². The first-order chi connectivity index (χ1) is 9.75. The summed E-state index contributed by atoms with van der Waals surface area (Å²) >= 11 is 0. The molecule has 0 saturated carbocycles. The molecular weight excluding hydrogens is 253 g/mol. The Morgan fingerprint density at radius 2 is 1.85 bits per heavy atom. The molecule has 0 atom stereocenters. The fourth-order valence-electron chi connectivity index (χ4n) is 2.17. The van der Waals surface area contributed by atoms with Crippen molar-refractivity contribution in [2.24, 2.45) is 0 Å². The number of aromatic nitrogens is 1. The summed E-state index contributed by atoms with van der Waals surface area (Å²) in [5.74, 6) is -0.0290. The summed E-state index contributed by atoms with van der Waals surface area (Å²) in [6, 6.07) is 14.9. The summed E-state index contributed by atoms with van der Waals surface area (Å²) in [4.78, 5) is 4.36. The SMILES string of the molecule is Cc1cccc(OCc2cccc3cccnc23)c1F. The number of rotatable bonds is 3. The van der Waals surface area contributed by atoms with Gasteiger partial charge in [0.2, 0.25) is 0 Å². The highest BCUT2D eigenvalue weighted by atomic mass is 19.1. The highest BCUT2D eigenvalue weighted by Gasteiger charge is 2.07. The number of halogens is 1. The van der Waals surface area contributed by atoms with Crippen LogP contribution in [0.25, 0.3) is 10.9 Å². The molecule has 0 amide bonds. The van der Waals surface area contributed by atoms with E-state index in [1.54, 1.807) is 31.3 Å². The van der Waals surface area contributed by atoms with Gasteiger partial charge in [-0.3, -0.25) is 4.98 Å². The first-order valence-corrected chi connectivity index (χ1v) is 6.46. The molecule has 3 heteroatoms. The highest BCUT2D eigenvalue weighted by Crippen LogP contribution is 2.22. The summed E-state index contributed by atoms with van der Waals surface area (Å²) in [7, 11) is 0. The second kappa shape index (κ2) is 5.29. The summed E-state index contributed by atoms with van der Waals surface area (Å²) in [5.41, 5.74) is 2.42. The Kier molecular flexibility index (Phi) is 3.33. The van der Waals surface area contributed by atoms with Gasteiger partial charge in [-0.05, 0) is 24.6 Å². The molecule has 2 nitrogen and oxygen atoms in total. The van der Waals surface area contributed by atoms with E-state index >= 15 is 0 Å². The van der Waals surface area contributed by atoms with Crippen molar-refractivity contribution < 1.29 is 9.13 Å². The van der Waals surface area contributed by atoms with Crippen molar-refractivity contribution in [2.75, 3.05) is 0 Å². The van der Waals surface area contributed by atoms with E-state index in [0.29, 0.717) is 12.2 Å². The van der Waals surface area contributed by atoms with Crippen molar-refractivity contribution in [3.8, 4) is 5.75 Å². The molecule has 0 saturated heterocycles. The molecule has 0 aliphatic rings. The molecule has 0 bridgehead atoms. The average molecular weight is 267 g/mol. The zero-order valence-corrected chi connectivity index (χ0v) is 11.1. The minimum atomic E-state index is -0.305. The van der Waals surface area contributed by atoms with Crippen LogP contribution in [0.5, 0.6) is 5.75 Å². The predicted octanol–water partition coefficient (Wildman–Crippen LogP) is 4.26. The first-order valence-electron chi connectivity index (χ1n) is 6.46. The number of fused-ring (bicyclic) bond motifs is 1. The number of ether oxygens (including phenoxy) is 1. The minimum Gasteiger partial charge on any atom is -0.486 e. The molecule has 3 aromatic rings. The summed E-state index contributed by atoms with van der Waals surface area (Å²) < 4.78 is 19.5. The van der Waals surface area contributed by atoms with Gasteiger partial charge in [-0.2, -0.15) is 0 Å². The van der Waals surface area contributed by atoms with Crippen molar-refractivity contribution in [2.45, 2.75) is 13.5 Å². The molecule has 20 heavy (non-hydrogen) atoms. The Morgan fingerprint density at radius 1 is 1.05 bits per heavy atom. The first kappa shape index (κ1) is 12.6. The zero-order valence-electron chi connectivity index (χ0n) is 11.1. The average Bonchev–Trinajstić information content (AvgIpc) is 2.49. The van der Waals surface area contributed by atoms with Gasteiger partial charge in [0.1, 0.15) is 6.61 Å². The van der Waals surface area contributed by atoms with Crippen LogP contribution in [0.3, 0.4) is 0 Å². The quantitative estimate of drug-likeness (QED) is 0.707. The van der Waals surface area contributed by atoms with Crippen LogP contribution in [0, 0.1) is 12.7 Å². The lowest BCUT2D eigenvalue weighted by Gasteiger charge is -2.10. The summed E-state index contributed by atoms with van der Waals surface area (Å²) in [6.45, 7) is 2.02. The van der Waals surface area contributed by atoms with E-state index in [9.17, 15) is 4.39 Å². The fraction of sp³-hybridized carbons (Fsp3) is 0.118. The number of para-hydroxylation sites is 1. The van der Waals surface area contributed by atoms with Crippen molar-refractivity contribution in [3.05, 3.63) is 71.7 Å². The fourth-order valence-corrected chi connectivity index (χ4v) is 2.17. The van der Waals surface area contributed by atoms with Crippen molar-refractivity contribution in [3.63, 3.8) is 0 Å². The Bertz CT molecular complexity index is 750. The van der Waals surface area contributed by atoms with E-state index in [2.05, 4.69) is 4.98 Å². The third-order valence-corrected chi connectivity index (χ3v) is 3.26. The van der Waals surface area contributed by atoms with Gasteiger partial charge in [-0.1, -0.05) is 36.4 Å². The second-order valence-electron chi connectivity index (χ2n) is 4.67. The lowest BCUT2D eigenvalue weighted by molar-refractivity contribution is 0.291. The van der Waals surface area contributed by atoms with Gasteiger partial charge in [0.25, 0.3) is 0 Å². The molecule has 1 heterocycles. The maximum absolute atomic E-state index is 13.9. The lowest BCUT2D eigenvalue weighted by atomic mass is 10.1. The van der Waals surface area contributed by atoms with Crippen LogP contribution in [0.4, 0.5) is 4.39 Å². The van der Waals surface area contributed by atoms with Crippen LogP contribution in [-0.4, -0.2) is 4.98 Å². The Balaban J connectivity index is 1.89. The molecule has 0 aliphatic heterocycles. The number of aryl methyl sites for hydroxylation is 1. The zero-order chi connectivity index (χ0) is 13.9. The third kappa shape index (κ3) is 2.35. The highest BCUT2D eigenvalue weighted by molar-refractivity contribution is 5.81. The molecule has 100 valence electrons. The molecule has 0 fully saturated rings. The van der Waals surface area contributed by atoms with Gasteiger partial charge in [0.05, 0.1) is 5.52 Å². The summed E-state index contributed by atoms with van der Waals surface area (Å²) in [5, 5.41) is 1.05. The third-order valence-electron chi connectivity index (χ3n) is 3.26. The maximum Gasteiger partial charge on any atom is 0.167 e. The van der Waals surface area contributed by atoms with Gasteiger partial charge >= 0.3 is 0 Å².